The average Bonchev–Trinajstić information content (AvgIpc) is 3.10. The number of amides is 2. The van der Waals surface area contributed by atoms with Crippen molar-refractivity contribution >= 4 is 35.0 Å². The fourth-order valence-corrected chi connectivity index (χ4v) is 4.62. The smallest absolute Gasteiger partial charge is 0.262 e. The van der Waals surface area contributed by atoms with Crippen LogP contribution < -0.4 is 24.4 Å². The van der Waals surface area contributed by atoms with E-state index >= 15 is 0 Å². The number of thioether (sulfide) groups is 1. The lowest BCUT2D eigenvalue weighted by Gasteiger charge is -2.23. The molecule has 34 heavy (non-hydrogen) atoms. The Labute approximate surface area is 203 Å². The minimum atomic E-state index is -0.314. The molecule has 1 aliphatic rings. The largest absolute Gasteiger partial charge is 0.497 e. The first-order valence-corrected chi connectivity index (χ1v) is 11.9. The molecule has 1 heterocycles. The summed E-state index contributed by atoms with van der Waals surface area (Å²) in [6, 6.07) is 20.0. The third-order valence-corrected chi connectivity index (χ3v) is 6.48. The van der Waals surface area contributed by atoms with Crippen molar-refractivity contribution in [2.75, 3.05) is 43.3 Å². The van der Waals surface area contributed by atoms with Gasteiger partial charge < -0.3 is 24.4 Å². The summed E-state index contributed by atoms with van der Waals surface area (Å²) in [5, 5.41) is 2.77. The fraction of sp³-hybridized carbons (Fsp3) is 0.231. The first-order valence-electron chi connectivity index (χ1n) is 10.9. The van der Waals surface area contributed by atoms with Gasteiger partial charge in [-0.3, -0.25) is 9.59 Å². The number of hydrogen-bond donors (Lipinski definition) is 1. The zero-order chi connectivity index (χ0) is 23.9. The summed E-state index contributed by atoms with van der Waals surface area (Å²) in [5.74, 6) is 2.03. The monoisotopic (exact) mass is 478 g/mol. The van der Waals surface area contributed by atoms with Gasteiger partial charge in [0.05, 0.1) is 19.9 Å². The Balaban J connectivity index is 1.44. The van der Waals surface area contributed by atoms with Gasteiger partial charge in [-0.05, 0) is 66.8 Å². The maximum atomic E-state index is 13.4. The lowest BCUT2D eigenvalue weighted by Crippen LogP contribution is -2.31. The van der Waals surface area contributed by atoms with Gasteiger partial charge in [-0.25, -0.2) is 0 Å². The number of benzene rings is 3. The molecule has 0 aliphatic carbocycles. The molecule has 0 aromatic heterocycles. The Morgan fingerprint density at radius 1 is 0.971 bits per heavy atom. The van der Waals surface area contributed by atoms with Crippen LogP contribution in [-0.4, -0.2) is 44.9 Å². The molecule has 0 saturated carbocycles. The second-order valence-electron chi connectivity index (χ2n) is 7.56. The van der Waals surface area contributed by atoms with Gasteiger partial charge >= 0.3 is 0 Å². The number of anilines is 2. The quantitative estimate of drug-likeness (QED) is 0.522. The van der Waals surface area contributed by atoms with E-state index in [4.69, 9.17) is 14.2 Å². The highest BCUT2D eigenvalue weighted by Crippen LogP contribution is 2.35. The molecule has 176 valence electrons. The van der Waals surface area contributed by atoms with Gasteiger partial charge in [0.15, 0.2) is 18.1 Å². The van der Waals surface area contributed by atoms with E-state index in [0.29, 0.717) is 35.0 Å². The van der Waals surface area contributed by atoms with E-state index in [1.54, 1.807) is 61.3 Å². The van der Waals surface area contributed by atoms with Gasteiger partial charge in [-0.15, -0.1) is 11.8 Å². The number of nitrogens with one attached hydrogen (secondary N) is 1. The number of carbonyl (C=O) groups excluding carboxylic acids is 2. The molecule has 0 saturated heterocycles. The molecular formula is C26H26N2O5S. The van der Waals surface area contributed by atoms with Gasteiger partial charge in [0.1, 0.15) is 5.75 Å². The fourth-order valence-electron chi connectivity index (χ4n) is 3.63. The first-order chi connectivity index (χ1) is 16.6. The minimum absolute atomic E-state index is 0.1000. The molecular weight excluding hydrogens is 452 g/mol. The van der Waals surface area contributed by atoms with Crippen LogP contribution in [0.25, 0.3) is 0 Å². The van der Waals surface area contributed by atoms with E-state index in [1.807, 2.05) is 29.2 Å². The zero-order valence-electron chi connectivity index (χ0n) is 19.1. The van der Waals surface area contributed by atoms with E-state index in [2.05, 4.69) is 5.32 Å². The van der Waals surface area contributed by atoms with Crippen LogP contribution in [0.2, 0.25) is 0 Å². The number of rotatable bonds is 7. The van der Waals surface area contributed by atoms with Crippen molar-refractivity contribution in [1.29, 1.82) is 0 Å². The summed E-state index contributed by atoms with van der Waals surface area (Å²) in [5.41, 5.74) is 2.05. The number of hydrogen-bond acceptors (Lipinski definition) is 6. The van der Waals surface area contributed by atoms with Gasteiger partial charge in [0.2, 0.25) is 0 Å². The molecule has 0 radical (unpaired) electrons. The Morgan fingerprint density at radius 2 is 1.76 bits per heavy atom. The molecule has 2 amide bonds. The van der Waals surface area contributed by atoms with Crippen molar-refractivity contribution in [2.45, 2.75) is 11.3 Å². The average molecular weight is 479 g/mol. The Bertz CT molecular complexity index is 1170. The summed E-state index contributed by atoms with van der Waals surface area (Å²) in [4.78, 5) is 28.6. The molecule has 0 fully saturated rings. The Morgan fingerprint density at radius 3 is 2.53 bits per heavy atom. The number of fused-ring (bicyclic) bond motifs is 1. The predicted molar refractivity (Wildman–Crippen MR) is 134 cm³/mol. The van der Waals surface area contributed by atoms with Crippen molar-refractivity contribution in [1.82, 2.24) is 0 Å². The number of ether oxygens (including phenoxy) is 3. The highest BCUT2D eigenvalue weighted by Gasteiger charge is 2.23. The van der Waals surface area contributed by atoms with E-state index in [0.717, 1.165) is 22.8 Å². The number of nitrogens with zero attached hydrogens (tertiary/aromatic N) is 1. The molecule has 4 rings (SSSR count). The highest BCUT2D eigenvalue weighted by atomic mass is 32.2. The normalized spacial score (nSPS) is 12.8. The van der Waals surface area contributed by atoms with Crippen LogP contribution >= 0.6 is 11.8 Å². The van der Waals surface area contributed by atoms with Crippen LogP contribution in [0.15, 0.2) is 71.6 Å². The number of methoxy groups -OCH3 is 2. The molecule has 0 spiro atoms. The van der Waals surface area contributed by atoms with Crippen molar-refractivity contribution < 1.29 is 23.8 Å². The van der Waals surface area contributed by atoms with Crippen molar-refractivity contribution in [3.05, 3.63) is 72.3 Å². The summed E-state index contributed by atoms with van der Waals surface area (Å²) in [7, 11) is 3.09. The van der Waals surface area contributed by atoms with Crippen LogP contribution in [0, 0.1) is 0 Å². The third-order valence-electron chi connectivity index (χ3n) is 5.33. The Kier molecular flexibility index (Phi) is 7.59. The number of para-hydroxylation sites is 1. The van der Waals surface area contributed by atoms with Crippen LogP contribution in [-0.2, 0) is 4.79 Å². The second kappa shape index (κ2) is 11.0. The van der Waals surface area contributed by atoms with Crippen LogP contribution in [0.1, 0.15) is 16.8 Å². The molecule has 3 aromatic rings. The van der Waals surface area contributed by atoms with E-state index in [1.165, 1.54) is 7.11 Å². The summed E-state index contributed by atoms with van der Waals surface area (Å²) >= 11 is 1.76. The maximum absolute atomic E-state index is 13.4. The summed E-state index contributed by atoms with van der Waals surface area (Å²) in [6.45, 7) is 0.446. The molecule has 8 heteroatoms. The lowest BCUT2D eigenvalue weighted by atomic mass is 10.1. The van der Waals surface area contributed by atoms with Crippen LogP contribution in [0.4, 0.5) is 11.4 Å². The Hall–Kier alpha value is -3.65. The topological polar surface area (TPSA) is 77.1 Å². The third kappa shape index (κ3) is 5.46. The van der Waals surface area contributed by atoms with Crippen LogP contribution in [0.3, 0.4) is 0 Å². The molecule has 3 aromatic carbocycles. The van der Waals surface area contributed by atoms with Crippen LogP contribution in [0.5, 0.6) is 17.2 Å². The minimum Gasteiger partial charge on any atom is -0.497 e. The van der Waals surface area contributed by atoms with Crippen molar-refractivity contribution in [2.24, 2.45) is 0 Å². The lowest BCUT2D eigenvalue weighted by molar-refractivity contribution is -0.118. The molecule has 0 bridgehead atoms. The maximum Gasteiger partial charge on any atom is 0.262 e. The predicted octanol–water partition coefficient (Wildman–Crippen LogP) is 4.86. The van der Waals surface area contributed by atoms with E-state index in [-0.39, 0.29) is 18.4 Å². The van der Waals surface area contributed by atoms with Gasteiger partial charge in [-0.1, -0.05) is 12.1 Å². The summed E-state index contributed by atoms with van der Waals surface area (Å²) < 4.78 is 16.2. The second-order valence-corrected chi connectivity index (χ2v) is 8.69. The van der Waals surface area contributed by atoms with E-state index in [9.17, 15) is 9.59 Å². The SMILES string of the molecule is COc1ccc(NC(=O)COc2ccc(C(=O)N3CCCSc4ccccc43)cc2OC)cc1. The zero-order valence-corrected chi connectivity index (χ0v) is 19.9. The summed E-state index contributed by atoms with van der Waals surface area (Å²) in [6.07, 6.45) is 0.909. The van der Waals surface area contributed by atoms with Gasteiger partial charge in [0.25, 0.3) is 11.8 Å². The molecule has 1 N–H and O–H groups in total. The standard InChI is InChI=1S/C26H26N2O5S/c1-31-20-11-9-19(10-12-20)27-25(29)17-33-22-13-8-18(16-23(22)32-2)26(30)28-14-5-15-34-24-7-4-3-6-21(24)28/h3-4,6-13,16H,5,14-15,17H2,1-2H3,(H,27,29). The molecule has 7 nitrogen and oxygen atoms in total. The number of carbonyl (C=O) groups is 2. The van der Waals surface area contributed by atoms with Gasteiger partial charge in [0, 0.05) is 22.7 Å². The molecule has 1 aliphatic heterocycles. The van der Waals surface area contributed by atoms with Crippen molar-refractivity contribution in [3.63, 3.8) is 0 Å². The first kappa shape index (κ1) is 23.5. The van der Waals surface area contributed by atoms with E-state index < -0.39 is 0 Å². The van der Waals surface area contributed by atoms with Crippen molar-refractivity contribution in [3.8, 4) is 17.2 Å². The molecule has 0 unspecified atom stereocenters. The molecule has 0 atom stereocenters. The van der Waals surface area contributed by atoms with Gasteiger partial charge in [-0.2, -0.15) is 0 Å². The highest BCUT2D eigenvalue weighted by molar-refractivity contribution is 7.99.